The fourth-order valence-electron chi connectivity index (χ4n) is 8.08. The van der Waals surface area contributed by atoms with Gasteiger partial charge in [0.1, 0.15) is 23.7 Å². The minimum atomic E-state index is -0.728. The second-order valence-corrected chi connectivity index (χ2v) is 15.8. The molecule has 16 nitrogen and oxygen atoms in total. The van der Waals surface area contributed by atoms with Gasteiger partial charge in [0.2, 0.25) is 11.8 Å². The molecule has 4 amide bonds. The number of hydrogen-bond acceptors (Lipinski definition) is 9. The zero-order valence-electron chi connectivity index (χ0n) is 34.1. The first-order valence-electron chi connectivity index (χ1n) is 20.0. The quantitative estimate of drug-likeness (QED) is 0.105. The average Bonchev–Trinajstić information content (AvgIpc) is 4.08. The molecule has 0 aliphatic carbocycles. The molecule has 5 aromatic rings. The van der Waals surface area contributed by atoms with Crippen LogP contribution in [0.15, 0.2) is 65.7 Å². The number of aromatic amines is 3. The monoisotopic (exact) mass is 805 g/mol. The number of aromatic nitrogens is 5. The lowest BCUT2D eigenvalue weighted by molar-refractivity contribution is -0.136. The highest BCUT2D eigenvalue weighted by Crippen LogP contribution is 2.35. The summed E-state index contributed by atoms with van der Waals surface area (Å²) in [5, 5.41) is 5.87. The number of methoxy groups -OCH3 is 2. The van der Waals surface area contributed by atoms with Gasteiger partial charge in [0, 0.05) is 47.5 Å². The van der Waals surface area contributed by atoms with Gasteiger partial charge in [0.25, 0.3) is 0 Å². The molecule has 310 valence electrons. The smallest absolute Gasteiger partial charge is 0.407 e. The van der Waals surface area contributed by atoms with Gasteiger partial charge in [0.15, 0.2) is 5.43 Å². The number of hydrogen-bond donors (Lipinski definition) is 5. The SMILES string of the molecule is COC(=O)N[C@H](C(=O)N1CCCC1c1nc(-c2ccc3[nH]c(-c4ccc(-c5cnc([C@@H]6CCCN6C(=O)[C@@H](NC(=O)OC)C(C)C)[nH]5)cc4)cc(=O)c3c2)c[nH]1)C(C)C. The molecule has 0 saturated carbocycles. The predicted molar refractivity (Wildman–Crippen MR) is 221 cm³/mol. The number of alkyl carbamates (subject to hydrolysis) is 2. The number of benzene rings is 2. The summed E-state index contributed by atoms with van der Waals surface area (Å²) in [6.45, 7) is 8.64. The largest absolute Gasteiger partial charge is 0.453 e. The van der Waals surface area contributed by atoms with E-state index >= 15 is 0 Å². The van der Waals surface area contributed by atoms with Crippen LogP contribution in [0.2, 0.25) is 0 Å². The fourth-order valence-corrected chi connectivity index (χ4v) is 8.08. The number of imidazole rings is 2. The number of amides is 4. The molecule has 59 heavy (non-hydrogen) atoms. The summed E-state index contributed by atoms with van der Waals surface area (Å²) in [6.07, 6.45) is 5.35. The summed E-state index contributed by atoms with van der Waals surface area (Å²) in [7, 11) is 2.55. The number of nitrogens with zero attached hydrogens (tertiary/aromatic N) is 4. The molecule has 2 aromatic carbocycles. The highest BCUT2D eigenvalue weighted by Gasteiger charge is 2.39. The Hall–Kier alpha value is -6.45. The van der Waals surface area contributed by atoms with Crippen molar-refractivity contribution in [2.45, 2.75) is 77.5 Å². The Labute approximate surface area is 341 Å². The molecule has 2 fully saturated rings. The summed E-state index contributed by atoms with van der Waals surface area (Å²) in [5.74, 6) is 0.709. The van der Waals surface area contributed by atoms with Gasteiger partial charge in [-0.3, -0.25) is 14.4 Å². The Kier molecular flexibility index (Phi) is 11.9. The summed E-state index contributed by atoms with van der Waals surface area (Å²) in [4.78, 5) is 87.7. The van der Waals surface area contributed by atoms with E-state index in [1.54, 1.807) is 28.3 Å². The standard InChI is InChI=1S/C43H51N9O7/c1-23(2)36(49-42(56)58-5)40(54)51-17-7-9-33(51)38-44-21-31(47-38)26-13-11-25(12-14-26)30-20-35(53)28-19-27(15-16-29(28)46-30)32-22-45-39(48-32)34-10-8-18-52(34)41(55)37(24(3)4)50-43(57)59-6/h11-16,19-24,33-34,36-37H,7-10,17-18H2,1-6H3,(H,44,47)(H,45,48)(H,46,53)(H,49,56)(H,50,57)/t33-,34?,36-,37-/m0/s1. The topological polar surface area (TPSA) is 207 Å². The number of carbonyl (C=O) groups is 4. The molecule has 0 radical (unpaired) electrons. The number of ether oxygens (including phenoxy) is 2. The fraction of sp³-hybridized carbons (Fsp3) is 0.419. The van der Waals surface area contributed by atoms with Gasteiger partial charge in [-0.1, -0.05) is 58.0 Å². The van der Waals surface area contributed by atoms with Crippen LogP contribution in [-0.4, -0.2) is 98.1 Å². The van der Waals surface area contributed by atoms with Crippen LogP contribution < -0.4 is 16.1 Å². The summed E-state index contributed by atoms with van der Waals surface area (Å²) in [5.41, 5.74) is 5.13. The first-order valence-corrected chi connectivity index (χ1v) is 20.0. The van der Waals surface area contributed by atoms with Crippen LogP contribution in [0.25, 0.3) is 44.7 Å². The van der Waals surface area contributed by atoms with Gasteiger partial charge in [-0.2, -0.15) is 0 Å². The average molecular weight is 806 g/mol. The van der Waals surface area contributed by atoms with Crippen molar-refractivity contribution >= 4 is 34.9 Å². The maximum atomic E-state index is 13.6. The predicted octanol–water partition coefficient (Wildman–Crippen LogP) is 6.06. The van der Waals surface area contributed by atoms with Gasteiger partial charge in [-0.25, -0.2) is 19.6 Å². The van der Waals surface area contributed by atoms with Crippen LogP contribution in [0.4, 0.5) is 9.59 Å². The minimum absolute atomic E-state index is 0.127. The highest BCUT2D eigenvalue weighted by molar-refractivity contribution is 5.88. The number of H-pyrrole nitrogens is 3. The van der Waals surface area contributed by atoms with Crippen LogP contribution in [0.5, 0.6) is 0 Å². The second-order valence-electron chi connectivity index (χ2n) is 15.8. The number of rotatable bonds is 11. The third kappa shape index (κ3) is 8.43. The Bertz CT molecular complexity index is 2400. The molecule has 5 N–H and O–H groups in total. The third-order valence-corrected chi connectivity index (χ3v) is 11.3. The van der Waals surface area contributed by atoms with Gasteiger partial charge in [-0.05, 0) is 60.8 Å². The second kappa shape index (κ2) is 17.2. The minimum Gasteiger partial charge on any atom is -0.453 e. The zero-order valence-corrected chi connectivity index (χ0v) is 34.1. The molecule has 4 atom stereocenters. The lowest BCUT2D eigenvalue weighted by atomic mass is 10.0. The molecule has 2 aliphatic rings. The summed E-state index contributed by atoms with van der Waals surface area (Å²) in [6, 6.07) is 13.0. The van der Waals surface area contributed by atoms with Crippen LogP contribution in [-0.2, 0) is 19.1 Å². The molecule has 2 aliphatic heterocycles. The number of likely N-dealkylation sites (tertiary alicyclic amines) is 2. The molecule has 3 aromatic heterocycles. The maximum absolute atomic E-state index is 13.6. The normalized spacial score (nSPS) is 17.7. The highest BCUT2D eigenvalue weighted by atomic mass is 16.5. The van der Waals surface area contributed by atoms with E-state index < -0.39 is 24.3 Å². The van der Waals surface area contributed by atoms with Crippen molar-refractivity contribution in [1.82, 2.24) is 45.4 Å². The molecular weight excluding hydrogens is 755 g/mol. The Morgan fingerprint density at radius 3 is 1.83 bits per heavy atom. The number of fused-ring (bicyclic) bond motifs is 1. The van der Waals surface area contributed by atoms with Gasteiger partial charge in [-0.15, -0.1) is 0 Å². The van der Waals surface area contributed by atoms with Gasteiger partial charge in [0.05, 0.1) is 43.9 Å². The molecule has 7 rings (SSSR count). The molecule has 2 saturated heterocycles. The van der Waals surface area contributed by atoms with Crippen LogP contribution in [0.3, 0.4) is 0 Å². The molecule has 0 bridgehead atoms. The Balaban J connectivity index is 1.05. The van der Waals surface area contributed by atoms with E-state index in [4.69, 9.17) is 14.5 Å². The van der Waals surface area contributed by atoms with Crippen molar-refractivity contribution in [2.75, 3.05) is 27.3 Å². The van der Waals surface area contributed by atoms with E-state index in [-0.39, 0.29) is 41.2 Å². The van der Waals surface area contributed by atoms with Crippen molar-refractivity contribution in [3.05, 3.63) is 82.8 Å². The van der Waals surface area contributed by atoms with E-state index in [9.17, 15) is 24.0 Å². The lowest BCUT2D eigenvalue weighted by Gasteiger charge is -2.30. The molecule has 16 heteroatoms. The lowest BCUT2D eigenvalue weighted by Crippen LogP contribution is -2.51. The molecule has 0 spiro atoms. The van der Waals surface area contributed by atoms with Crippen molar-refractivity contribution in [3.63, 3.8) is 0 Å². The Morgan fingerprint density at radius 1 is 0.729 bits per heavy atom. The third-order valence-electron chi connectivity index (χ3n) is 11.3. The van der Waals surface area contributed by atoms with E-state index in [0.717, 1.165) is 48.1 Å². The van der Waals surface area contributed by atoms with Crippen LogP contribution in [0, 0.1) is 11.8 Å². The van der Waals surface area contributed by atoms with Crippen molar-refractivity contribution in [1.29, 1.82) is 0 Å². The molecule has 5 heterocycles. The van der Waals surface area contributed by atoms with E-state index in [0.29, 0.717) is 47.0 Å². The van der Waals surface area contributed by atoms with Crippen molar-refractivity contribution < 1.29 is 28.7 Å². The number of nitrogens with one attached hydrogen (secondary N) is 5. The van der Waals surface area contributed by atoms with Crippen molar-refractivity contribution in [3.8, 4) is 33.8 Å². The van der Waals surface area contributed by atoms with Crippen LogP contribution in [0.1, 0.15) is 77.1 Å². The number of pyridine rings is 1. The Morgan fingerprint density at radius 2 is 1.27 bits per heavy atom. The number of carbonyl (C=O) groups excluding carboxylic acids is 4. The van der Waals surface area contributed by atoms with Crippen LogP contribution >= 0.6 is 0 Å². The molecular formula is C43H51N9O7. The maximum Gasteiger partial charge on any atom is 0.407 e. The van der Waals surface area contributed by atoms with E-state index in [1.165, 1.54) is 14.2 Å². The first kappa shape index (κ1) is 40.7. The van der Waals surface area contributed by atoms with E-state index in [2.05, 4.69) is 30.6 Å². The summed E-state index contributed by atoms with van der Waals surface area (Å²) >= 11 is 0. The molecule has 1 unspecified atom stereocenters. The van der Waals surface area contributed by atoms with Gasteiger partial charge >= 0.3 is 12.2 Å². The summed E-state index contributed by atoms with van der Waals surface area (Å²) < 4.78 is 9.50. The zero-order chi connectivity index (χ0) is 42.0. The van der Waals surface area contributed by atoms with Gasteiger partial charge < -0.3 is 44.9 Å². The van der Waals surface area contributed by atoms with Crippen molar-refractivity contribution in [2.24, 2.45) is 11.8 Å². The first-order chi connectivity index (χ1) is 28.4. The van der Waals surface area contributed by atoms with E-state index in [1.807, 2.05) is 70.2 Å².